The van der Waals surface area contributed by atoms with Gasteiger partial charge in [0, 0.05) is 19.2 Å². The number of anilines is 2. The number of aromatic nitrogens is 2. The van der Waals surface area contributed by atoms with Crippen molar-refractivity contribution < 1.29 is 0 Å². The summed E-state index contributed by atoms with van der Waals surface area (Å²) < 4.78 is 0. The van der Waals surface area contributed by atoms with Crippen molar-refractivity contribution in [2.45, 2.75) is 58.3 Å². The van der Waals surface area contributed by atoms with E-state index in [0.717, 1.165) is 31.1 Å². The van der Waals surface area contributed by atoms with Crippen LogP contribution in [0.4, 0.5) is 11.6 Å². The summed E-state index contributed by atoms with van der Waals surface area (Å²) in [6.07, 6.45) is 14.1. The number of rotatable bonds is 9. The zero-order chi connectivity index (χ0) is 14.8. The fourth-order valence-electron chi connectivity index (χ4n) is 2.62. The molecule has 0 spiro atoms. The van der Waals surface area contributed by atoms with Crippen molar-refractivity contribution in [3.05, 3.63) is 24.0 Å². The van der Waals surface area contributed by atoms with Crippen LogP contribution in [0, 0.1) is 0 Å². The molecular formula is C17H28N4. The Morgan fingerprint density at radius 1 is 1.05 bits per heavy atom. The Morgan fingerprint density at radius 2 is 1.86 bits per heavy atom. The third kappa shape index (κ3) is 6.15. The highest BCUT2D eigenvalue weighted by Crippen LogP contribution is 2.20. The fraction of sp³-hybridized carbons (Fsp3) is 0.647. The fourth-order valence-corrected chi connectivity index (χ4v) is 2.62. The molecular weight excluding hydrogens is 260 g/mol. The van der Waals surface area contributed by atoms with Crippen LogP contribution in [-0.2, 0) is 0 Å². The van der Waals surface area contributed by atoms with Crippen LogP contribution >= 0.6 is 0 Å². The van der Waals surface area contributed by atoms with E-state index in [-0.39, 0.29) is 0 Å². The molecule has 1 aliphatic carbocycles. The number of nitrogens with one attached hydrogen (secondary N) is 2. The summed E-state index contributed by atoms with van der Waals surface area (Å²) in [6, 6.07) is 2.00. The molecule has 0 unspecified atom stereocenters. The highest BCUT2D eigenvalue weighted by Gasteiger charge is 2.03. The molecule has 1 aliphatic rings. The average molecular weight is 288 g/mol. The van der Waals surface area contributed by atoms with Gasteiger partial charge in [0.2, 0.25) is 0 Å². The van der Waals surface area contributed by atoms with Crippen molar-refractivity contribution >= 4 is 11.6 Å². The van der Waals surface area contributed by atoms with Gasteiger partial charge in [0.25, 0.3) is 0 Å². The summed E-state index contributed by atoms with van der Waals surface area (Å²) in [5, 5.41) is 6.76. The molecule has 0 fully saturated rings. The maximum Gasteiger partial charge on any atom is 0.131 e. The van der Waals surface area contributed by atoms with Crippen LogP contribution in [0.3, 0.4) is 0 Å². The largest absolute Gasteiger partial charge is 0.370 e. The van der Waals surface area contributed by atoms with Crippen LogP contribution in [-0.4, -0.2) is 23.1 Å². The first-order valence-corrected chi connectivity index (χ1v) is 8.36. The lowest BCUT2D eigenvalue weighted by Crippen LogP contribution is -2.08. The van der Waals surface area contributed by atoms with Crippen LogP contribution in [0.2, 0.25) is 0 Å². The van der Waals surface area contributed by atoms with E-state index < -0.39 is 0 Å². The van der Waals surface area contributed by atoms with E-state index in [1.54, 1.807) is 11.9 Å². The zero-order valence-corrected chi connectivity index (χ0v) is 13.2. The van der Waals surface area contributed by atoms with Crippen LogP contribution in [0.1, 0.15) is 58.3 Å². The molecule has 4 heteroatoms. The first-order chi connectivity index (χ1) is 10.4. The van der Waals surface area contributed by atoms with Crippen LogP contribution in [0.25, 0.3) is 0 Å². The summed E-state index contributed by atoms with van der Waals surface area (Å²) in [4.78, 5) is 8.55. The highest BCUT2D eigenvalue weighted by atomic mass is 15.1. The van der Waals surface area contributed by atoms with Gasteiger partial charge in [-0.05, 0) is 38.5 Å². The minimum atomic E-state index is 0.916. The van der Waals surface area contributed by atoms with Gasteiger partial charge in [0.15, 0.2) is 0 Å². The molecule has 1 aromatic rings. The standard InChI is InChI=1S/C17H28N4/c1-2-3-7-11-18-16-13-17(21-14-20-16)19-12-10-15-8-5-4-6-9-15/h8,13-14H,2-7,9-12H2,1H3,(H2,18,19,20,21). The monoisotopic (exact) mass is 288 g/mol. The molecule has 0 atom stereocenters. The second-order valence-corrected chi connectivity index (χ2v) is 5.71. The van der Waals surface area contributed by atoms with Crippen molar-refractivity contribution in [1.82, 2.24) is 9.97 Å². The lowest BCUT2D eigenvalue weighted by atomic mass is 9.97. The molecule has 21 heavy (non-hydrogen) atoms. The molecule has 0 bridgehead atoms. The van der Waals surface area contributed by atoms with Crippen molar-refractivity contribution in [1.29, 1.82) is 0 Å². The van der Waals surface area contributed by atoms with Gasteiger partial charge >= 0.3 is 0 Å². The van der Waals surface area contributed by atoms with Crippen LogP contribution in [0.5, 0.6) is 0 Å². The lowest BCUT2D eigenvalue weighted by Gasteiger charge is -2.13. The summed E-state index contributed by atoms with van der Waals surface area (Å²) in [6.45, 7) is 4.16. The van der Waals surface area contributed by atoms with E-state index in [1.807, 2.05) is 6.07 Å². The molecule has 116 valence electrons. The predicted octanol–water partition coefficient (Wildman–Crippen LogP) is 4.38. The molecule has 0 radical (unpaired) electrons. The van der Waals surface area contributed by atoms with Crippen molar-refractivity contribution in [3.8, 4) is 0 Å². The van der Waals surface area contributed by atoms with Gasteiger partial charge in [0.1, 0.15) is 18.0 Å². The van der Waals surface area contributed by atoms with Gasteiger partial charge in [-0.25, -0.2) is 9.97 Å². The van der Waals surface area contributed by atoms with Gasteiger partial charge < -0.3 is 10.6 Å². The first kappa shape index (κ1) is 15.8. The molecule has 4 nitrogen and oxygen atoms in total. The van der Waals surface area contributed by atoms with E-state index in [2.05, 4.69) is 33.6 Å². The topological polar surface area (TPSA) is 49.8 Å². The number of hydrogen-bond acceptors (Lipinski definition) is 4. The SMILES string of the molecule is CCCCCNc1cc(NCCC2=CCCCC2)ncn1. The van der Waals surface area contributed by atoms with E-state index in [4.69, 9.17) is 0 Å². The third-order valence-electron chi connectivity index (χ3n) is 3.89. The molecule has 0 saturated heterocycles. The molecule has 1 aromatic heterocycles. The minimum absolute atomic E-state index is 0.916. The van der Waals surface area contributed by atoms with Gasteiger partial charge in [-0.2, -0.15) is 0 Å². The Kier molecular flexibility index (Phi) is 7.05. The summed E-state index contributed by atoms with van der Waals surface area (Å²) in [5.41, 5.74) is 1.60. The molecule has 0 saturated carbocycles. The van der Waals surface area contributed by atoms with Gasteiger partial charge in [-0.1, -0.05) is 31.4 Å². The zero-order valence-electron chi connectivity index (χ0n) is 13.2. The average Bonchev–Trinajstić information content (AvgIpc) is 2.53. The van der Waals surface area contributed by atoms with Crippen molar-refractivity contribution in [2.24, 2.45) is 0 Å². The Morgan fingerprint density at radius 3 is 2.57 bits per heavy atom. The maximum absolute atomic E-state index is 4.28. The molecule has 0 aliphatic heterocycles. The second kappa shape index (κ2) is 9.37. The third-order valence-corrected chi connectivity index (χ3v) is 3.89. The molecule has 0 amide bonds. The summed E-state index contributed by atoms with van der Waals surface area (Å²) in [7, 11) is 0. The molecule has 0 aromatic carbocycles. The Balaban J connectivity index is 1.71. The Labute approximate surface area is 128 Å². The number of nitrogens with zero attached hydrogens (tertiary/aromatic N) is 2. The van der Waals surface area contributed by atoms with Crippen LogP contribution in [0.15, 0.2) is 24.0 Å². The van der Waals surface area contributed by atoms with E-state index >= 15 is 0 Å². The normalized spacial score (nSPS) is 14.6. The van der Waals surface area contributed by atoms with Crippen molar-refractivity contribution in [2.75, 3.05) is 23.7 Å². The van der Waals surface area contributed by atoms with E-state index in [9.17, 15) is 0 Å². The maximum atomic E-state index is 4.28. The minimum Gasteiger partial charge on any atom is -0.370 e. The number of allylic oxidation sites excluding steroid dienone is 1. The number of unbranched alkanes of at least 4 members (excludes halogenated alkanes) is 2. The van der Waals surface area contributed by atoms with Gasteiger partial charge in [-0.3, -0.25) is 0 Å². The summed E-state index contributed by atoms with van der Waals surface area (Å²) >= 11 is 0. The molecule has 2 N–H and O–H groups in total. The Hall–Kier alpha value is -1.58. The van der Waals surface area contributed by atoms with Crippen molar-refractivity contribution in [3.63, 3.8) is 0 Å². The first-order valence-electron chi connectivity index (χ1n) is 8.36. The Bertz CT molecular complexity index is 442. The highest BCUT2D eigenvalue weighted by molar-refractivity contribution is 5.46. The predicted molar refractivity (Wildman–Crippen MR) is 89.7 cm³/mol. The lowest BCUT2D eigenvalue weighted by molar-refractivity contribution is 0.679. The van der Waals surface area contributed by atoms with E-state index in [1.165, 1.54) is 44.9 Å². The van der Waals surface area contributed by atoms with Gasteiger partial charge in [-0.15, -0.1) is 0 Å². The van der Waals surface area contributed by atoms with Gasteiger partial charge in [0.05, 0.1) is 0 Å². The smallest absolute Gasteiger partial charge is 0.131 e. The summed E-state index contributed by atoms with van der Waals surface area (Å²) in [5.74, 6) is 1.83. The van der Waals surface area contributed by atoms with E-state index in [0.29, 0.717) is 0 Å². The quantitative estimate of drug-likeness (QED) is 0.523. The number of hydrogen-bond donors (Lipinski definition) is 2. The van der Waals surface area contributed by atoms with Crippen LogP contribution < -0.4 is 10.6 Å². The second-order valence-electron chi connectivity index (χ2n) is 5.71. The molecule has 1 heterocycles. The molecule has 2 rings (SSSR count).